The second-order valence-electron chi connectivity index (χ2n) is 8.02. The molecule has 0 aliphatic heterocycles. The lowest BCUT2D eigenvalue weighted by Crippen LogP contribution is -2.14. The van der Waals surface area contributed by atoms with Crippen LogP contribution < -0.4 is 11.5 Å². The Hall–Kier alpha value is -3.01. The van der Waals surface area contributed by atoms with Gasteiger partial charge < -0.3 is 25.7 Å². The van der Waals surface area contributed by atoms with Crippen LogP contribution in [0.3, 0.4) is 0 Å². The number of allylic oxidation sites excluding steroid dienone is 4. The van der Waals surface area contributed by atoms with Crippen molar-refractivity contribution in [2.24, 2.45) is 18.5 Å². The topological polar surface area (TPSA) is 117 Å². The third-order valence-electron chi connectivity index (χ3n) is 5.97. The van der Waals surface area contributed by atoms with Crippen molar-refractivity contribution in [3.05, 3.63) is 76.5 Å². The summed E-state index contributed by atoms with van der Waals surface area (Å²) < 4.78 is 23.9. The van der Waals surface area contributed by atoms with Gasteiger partial charge in [0.05, 0.1) is 6.61 Å². The first-order valence-corrected chi connectivity index (χ1v) is 10.7. The number of halogens is 1. The minimum atomic E-state index is -1.16. The fraction of sp³-hybridized carbons (Fsp3) is 0.391. The number of hydrogen-bond acceptors (Lipinski definition) is 6. The minimum Gasteiger partial charge on any atom is -0.497 e. The standard InChI is InChI=1S/C23H29FN6O2/c1-14-18(22(23(26)31)28-29(14)2)8-10-32-20-11-16(24)4-5-19(20)15-3-6-21-27-12-17(7-9-25)30(21)13-15/h3-4,6,11-13,19,23,31H,5,7-10,25-26H2,1-2H3. The van der Waals surface area contributed by atoms with Crippen molar-refractivity contribution in [1.82, 2.24) is 19.2 Å². The number of aliphatic hydroxyl groups excluding tert-OH is 1. The molecule has 1 aliphatic carbocycles. The maximum absolute atomic E-state index is 14.1. The van der Waals surface area contributed by atoms with Crippen LogP contribution in [0.4, 0.5) is 4.39 Å². The monoisotopic (exact) mass is 440 g/mol. The molecule has 3 aromatic rings. The van der Waals surface area contributed by atoms with Crippen LogP contribution in [0.15, 0.2) is 48.3 Å². The van der Waals surface area contributed by atoms with Gasteiger partial charge in [0, 0.05) is 61.2 Å². The van der Waals surface area contributed by atoms with E-state index in [1.54, 1.807) is 17.8 Å². The Balaban J connectivity index is 1.54. The van der Waals surface area contributed by atoms with Crippen molar-refractivity contribution in [3.63, 3.8) is 0 Å². The number of pyridine rings is 1. The van der Waals surface area contributed by atoms with Crippen LogP contribution >= 0.6 is 0 Å². The molecule has 0 amide bonds. The zero-order valence-electron chi connectivity index (χ0n) is 18.3. The van der Waals surface area contributed by atoms with Gasteiger partial charge in [0.1, 0.15) is 29.2 Å². The number of aryl methyl sites for hydroxylation is 1. The third-order valence-corrected chi connectivity index (χ3v) is 5.97. The van der Waals surface area contributed by atoms with E-state index in [2.05, 4.69) is 10.1 Å². The molecule has 1 aliphatic rings. The largest absolute Gasteiger partial charge is 0.497 e. The van der Waals surface area contributed by atoms with E-state index in [1.807, 2.05) is 35.9 Å². The van der Waals surface area contributed by atoms with Gasteiger partial charge in [0.15, 0.2) is 0 Å². The number of ether oxygens (including phenoxy) is 1. The normalized spacial score (nSPS) is 17.4. The van der Waals surface area contributed by atoms with E-state index in [1.165, 1.54) is 6.08 Å². The summed E-state index contributed by atoms with van der Waals surface area (Å²) in [5.74, 6) is 0.155. The summed E-state index contributed by atoms with van der Waals surface area (Å²) in [5.41, 5.74) is 16.5. The highest BCUT2D eigenvalue weighted by atomic mass is 19.1. The molecule has 32 heavy (non-hydrogen) atoms. The molecule has 2 unspecified atom stereocenters. The predicted molar refractivity (Wildman–Crippen MR) is 119 cm³/mol. The van der Waals surface area contributed by atoms with E-state index in [0.717, 1.165) is 34.6 Å². The maximum atomic E-state index is 14.1. The fourth-order valence-electron chi connectivity index (χ4n) is 4.17. The van der Waals surface area contributed by atoms with Crippen LogP contribution in [0.2, 0.25) is 0 Å². The number of imidazole rings is 1. The lowest BCUT2D eigenvalue weighted by molar-refractivity contribution is 0.175. The number of nitrogens with zero attached hydrogens (tertiary/aromatic N) is 4. The Morgan fingerprint density at radius 2 is 2.16 bits per heavy atom. The van der Waals surface area contributed by atoms with Crippen LogP contribution in [-0.2, 0) is 24.6 Å². The van der Waals surface area contributed by atoms with Crippen molar-refractivity contribution in [3.8, 4) is 0 Å². The first kappa shape index (κ1) is 22.2. The summed E-state index contributed by atoms with van der Waals surface area (Å²) in [5, 5.41) is 14.1. The molecule has 4 rings (SSSR count). The quantitative estimate of drug-likeness (QED) is 0.463. The molecule has 0 radical (unpaired) electrons. The van der Waals surface area contributed by atoms with Gasteiger partial charge in [-0.05, 0) is 37.6 Å². The van der Waals surface area contributed by atoms with Crippen LogP contribution in [0, 0.1) is 6.92 Å². The Bertz CT molecular complexity index is 1180. The fourth-order valence-corrected chi connectivity index (χ4v) is 4.17. The molecular formula is C23H29FN6O2. The number of rotatable bonds is 8. The summed E-state index contributed by atoms with van der Waals surface area (Å²) in [6.45, 7) is 2.77. The van der Waals surface area contributed by atoms with Gasteiger partial charge in [0.2, 0.25) is 0 Å². The molecule has 3 aromatic heterocycles. The molecule has 8 nitrogen and oxygen atoms in total. The lowest BCUT2D eigenvalue weighted by Gasteiger charge is -2.23. The van der Waals surface area contributed by atoms with Crippen molar-refractivity contribution < 1.29 is 14.2 Å². The molecular weight excluding hydrogens is 411 g/mol. The van der Waals surface area contributed by atoms with Gasteiger partial charge in [-0.2, -0.15) is 5.10 Å². The van der Waals surface area contributed by atoms with Crippen LogP contribution in [0.25, 0.3) is 5.65 Å². The summed E-state index contributed by atoms with van der Waals surface area (Å²) in [7, 11) is 1.80. The predicted octanol–water partition coefficient (Wildman–Crippen LogP) is 2.31. The van der Waals surface area contributed by atoms with E-state index in [4.69, 9.17) is 16.2 Å². The highest BCUT2D eigenvalue weighted by Gasteiger charge is 2.24. The van der Waals surface area contributed by atoms with Crippen molar-refractivity contribution >= 4 is 5.65 Å². The number of aliphatic hydroxyl groups is 1. The third kappa shape index (κ3) is 4.32. The number of fused-ring (bicyclic) bond motifs is 1. The highest BCUT2D eigenvalue weighted by molar-refractivity contribution is 5.44. The molecule has 0 spiro atoms. The average molecular weight is 441 g/mol. The molecule has 0 saturated carbocycles. The number of aromatic nitrogens is 4. The summed E-state index contributed by atoms with van der Waals surface area (Å²) in [4.78, 5) is 4.42. The van der Waals surface area contributed by atoms with Gasteiger partial charge >= 0.3 is 0 Å². The van der Waals surface area contributed by atoms with E-state index < -0.39 is 6.23 Å². The second-order valence-corrected chi connectivity index (χ2v) is 8.02. The van der Waals surface area contributed by atoms with Crippen molar-refractivity contribution in [2.45, 2.75) is 38.3 Å². The number of hydrogen-bond donors (Lipinski definition) is 3. The minimum absolute atomic E-state index is 0.110. The van der Waals surface area contributed by atoms with Crippen LogP contribution in [0.1, 0.15) is 46.8 Å². The first-order chi connectivity index (χ1) is 15.4. The van der Waals surface area contributed by atoms with Gasteiger partial charge in [-0.15, -0.1) is 0 Å². The van der Waals surface area contributed by atoms with Crippen molar-refractivity contribution in [1.29, 1.82) is 0 Å². The Morgan fingerprint density at radius 1 is 1.34 bits per heavy atom. The Morgan fingerprint density at radius 3 is 2.91 bits per heavy atom. The molecule has 170 valence electrons. The molecule has 0 fully saturated rings. The molecule has 3 heterocycles. The maximum Gasteiger partial charge on any atom is 0.147 e. The molecule has 2 atom stereocenters. The van der Waals surface area contributed by atoms with Crippen molar-refractivity contribution in [2.75, 3.05) is 13.2 Å². The average Bonchev–Trinajstić information content (AvgIpc) is 3.29. The van der Waals surface area contributed by atoms with Gasteiger partial charge in [-0.1, -0.05) is 6.07 Å². The van der Waals surface area contributed by atoms with Gasteiger partial charge in [0.25, 0.3) is 0 Å². The molecule has 0 saturated heterocycles. The molecule has 9 heteroatoms. The van der Waals surface area contributed by atoms with Gasteiger partial charge in [-0.3, -0.25) is 4.68 Å². The highest BCUT2D eigenvalue weighted by Crippen LogP contribution is 2.35. The zero-order chi connectivity index (χ0) is 22.8. The molecule has 5 N–H and O–H groups in total. The van der Waals surface area contributed by atoms with E-state index in [9.17, 15) is 9.50 Å². The second kappa shape index (κ2) is 9.23. The smallest absolute Gasteiger partial charge is 0.147 e. The van der Waals surface area contributed by atoms with Gasteiger partial charge in [-0.25, -0.2) is 9.37 Å². The SMILES string of the molecule is Cc1c(CCOC2=CC(F)=CCC2c2ccc3ncc(CCN)n3c2)c(C(N)O)nn1C. The first-order valence-electron chi connectivity index (χ1n) is 10.7. The van der Waals surface area contributed by atoms with E-state index >= 15 is 0 Å². The van der Waals surface area contributed by atoms with E-state index in [-0.39, 0.29) is 11.7 Å². The molecule has 0 bridgehead atoms. The lowest BCUT2D eigenvalue weighted by atomic mass is 9.91. The summed E-state index contributed by atoms with van der Waals surface area (Å²) in [6, 6.07) is 3.96. The Kier molecular flexibility index (Phi) is 6.40. The summed E-state index contributed by atoms with van der Waals surface area (Å²) >= 11 is 0. The Labute approximate surface area is 186 Å². The molecule has 0 aromatic carbocycles. The number of nitrogens with two attached hydrogens (primary N) is 2. The van der Waals surface area contributed by atoms with Crippen LogP contribution in [-0.4, -0.2) is 37.4 Å². The van der Waals surface area contributed by atoms with Crippen LogP contribution in [0.5, 0.6) is 0 Å². The van der Waals surface area contributed by atoms with E-state index in [0.29, 0.717) is 37.4 Å². The summed E-state index contributed by atoms with van der Waals surface area (Å²) in [6.07, 6.45) is 7.45. The zero-order valence-corrected chi connectivity index (χ0v) is 18.3.